The zero-order valence-electron chi connectivity index (χ0n) is 9.07. The molecule has 2 rings (SSSR count). The maximum Gasteiger partial charge on any atom is 0.179 e. The zero-order valence-corrected chi connectivity index (χ0v) is 9.07. The fourth-order valence-corrected chi connectivity index (χ4v) is 2.03. The summed E-state index contributed by atoms with van der Waals surface area (Å²) >= 11 is 0. The molecule has 0 aliphatic heterocycles. The molecule has 0 amide bonds. The second-order valence-corrected chi connectivity index (χ2v) is 4.19. The molecule has 0 bridgehead atoms. The number of aromatic nitrogens is 2. The molecule has 1 fully saturated rings. The fourth-order valence-electron chi connectivity index (χ4n) is 2.03. The van der Waals surface area contributed by atoms with Gasteiger partial charge < -0.3 is 5.32 Å². The SMILES string of the molecule is Cn1cc(C(=O)CNC2CCCC2)cn1. The van der Waals surface area contributed by atoms with Crippen LogP contribution in [0.25, 0.3) is 0 Å². The summed E-state index contributed by atoms with van der Waals surface area (Å²) in [4.78, 5) is 11.7. The van der Waals surface area contributed by atoms with Crippen molar-refractivity contribution in [1.82, 2.24) is 15.1 Å². The first kappa shape index (κ1) is 10.4. The van der Waals surface area contributed by atoms with Gasteiger partial charge in [0.05, 0.1) is 18.3 Å². The van der Waals surface area contributed by atoms with Crippen LogP contribution in [0.1, 0.15) is 36.0 Å². The van der Waals surface area contributed by atoms with Gasteiger partial charge in [-0.1, -0.05) is 12.8 Å². The Kier molecular flexibility index (Phi) is 3.16. The summed E-state index contributed by atoms with van der Waals surface area (Å²) in [6.45, 7) is 0.441. The number of carbonyl (C=O) groups is 1. The Morgan fingerprint density at radius 1 is 1.60 bits per heavy atom. The Labute approximate surface area is 89.7 Å². The number of carbonyl (C=O) groups excluding carboxylic acids is 1. The molecule has 4 heteroatoms. The van der Waals surface area contributed by atoms with E-state index in [0.29, 0.717) is 18.2 Å². The summed E-state index contributed by atoms with van der Waals surface area (Å²) in [6, 6.07) is 0.547. The number of hydrogen-bond donors (Lipinski definition) is 1. The predicted octanol–water partition coefficient (Wildman–Crippen LogP) is 1.13. The van der Waals surface area contributed by atoms with Crippen LogP contribution in [-0.2, 0) is 7.05 Å². The number of hydrogen-bond acceptors (Lipinski definition) is 3. The average Bonchev–Trinajstić information content (AvgIpc) is 2.84. The van der Waals surface area contributed by atoms with Crippen LogP contribution in [-0.4, -0.2) is 28.2 Å². The Hall–Kier alpha value is -1.16. The van der Waals surface area contributed by atoms with Crippen molar-refractivity contribution in [1.29, 1.82) is 0 Å². The van der Waals surface area contributed by atoms with Crippen molar-refractivity contribution in [2.24, 2.45) is 7.05 Å². The van der Waals surface area contributed by atoms with Crippen molar-refractivity contribution in [3.63, 3.8) is 0 Å². The molecule has 4 nitrogen and oxygen atoms in total. The summed E-state index contributed by atoms with van der Waals surface area (Å²) in [5.74, 6) is 0.134. The van der Waals surface area contributed by atoms with Crippen LogP contribution in [0.5, 0.6) is 0 Å². The van der Waals surface area contributed by atoms with Gasteiger partial charge in [-0.25, -0.2) is 0 Å². The largest absolute Gasteiger partial charge is 0.307 e. The number of ketones is 1. The van der Waals surface area contributed by atoms with E-state index in [1.54, 1.807) is 17.1 Å². The van der Waals surface area contributed by atoms with Crippen molar-refractivity contribution in [2.45, 2.75) is 31.7 Å². The minimum atomic E-state index is 0.134. The van der Waals surface area contributed by atoms with Gasteiger partial charge in [-0.2, -0.15) is 5.10 Å². The molecule has 0 unspecified atom stereocenters. The molecule has 0 saturated heterocycles. The molecule has 1 heterocycles. The molecular formula is C11H17N3O. The molecule has 1 aliphatic carbocycles. The van der Waals surface area contributed by atoms with Crippen LogP contribution in [0, 0.1) is 0 Å². The third-order valence-electron chi connectivity index (χ3n) is 2.93. The predicted molar refractivity (Wildman–Crippen MR) is 57.8 cm³/mol. The third kappa shape index (κ3) is 2.65. The lowest BCUT2D eigenvalue weighted by molar-refractivity contribution is 0.0987. The topological polar surface area (TPSA) is 46.9 Å². The van der Waals surface area contributed by atoms with Gasteiger partial charge in [-0.15, -0.1) is 0 Å². The minimum Gasteiger partial charge on any atom is -0.307 e. The maximum atomic E-state index is 11.7. The lowest BCUT2D eigenvalue weighted by Gasteiger charge is -2.09. The Balaban J connectivity index is 1.81. The Morgan fingerprint density at radius 2 is 2.33 bits per heavy atom. The molecule has 82 valence electrons. The van der Waals surface area contributed by atoms with Gasteiger partial charge in [-0.3, -0.25) is 9.48 Å². The first-order valence-corrected chi connectivity index (χ1v) is 5.51. The molecule has 0 spiro atoms. The van der Waals surface area contributed by atoms with E-state index >= 15 is 0 Å². The maximum absolute atomic E-state index is 11.7. The van der Waals surface area contributed by atoms with E-state index in [2.05, 4.69) is 10.4 Å². The van der Waals surface area contributed by atoms with Crippen molar-refractivity contribution in [3.8, 4) is 0 Å². The summed E-state index contributed by atoms with van der Waals surface area (Å²) in [5.41, 5.74) is 0.697. The molecular weight excluding hydrogens is 190 g/mol. The van der Waals surface area contributed by atoms with Gasteiger partial charge in [0.2, 0.25) is 0 Å². The second kappa shape index (κ2) is 4.57. The highest BCUT2D eigenvalue weighted by Gasteiger charge is 2.16. The number of nitrogens with zero attached hydrogens (tertiary/aromatic N) is 2. The monoisotopic (exact) mass is 207 g/mol. The second-order valence-electron chi connectivity index (χ2n) is 4.19. The van der Waals surface area contributed by atoms with Crippen LogP contribution >= 0.6 is 0 Å². The summed E-state index contributed by atoms with van der Waals surface area (Å²) in [6.07, 6.45) is 8.38. The van der Waals surface area contributed by atoms with Gasteiger partial charge in [0.1, 0.15) is 0 Å². The van der Waals surface area contributed by atoms with Gasteiger partial charge >= 0.3 is 0 Å². The van der Waals surface area contributed by atoms with E-state index in [1.165, 1.54) is 25.7 Å². The lowest BCUT2D eigenvalue weighted by atomic mass is 10.2. The van der Waals surface area contributed by atoms with Gasteiger partial charge in [-0.05, 0) is 12.8 Å². The third-order valence-corrected chi connectivity index (χ3v) is 2.93. The van der Waals surface area contributed by atoms with Crippen LogP contribution in [0.4, 0.5) is 0 Å². The van der Waals surface area contributed by atoms with E-state index in [1.807, 2.05) is 7.05 Å². The standard InChI is InChI=1S/C11H17N3O/c1-14-8-9(6-13-14)11(15)7-12-10-4-2-3-5-10/h6,8,10,12H,2-5,7H2,1H3. The molecule has 1 N–H and O–H groups in total. The van der Waals surface area contributed by atoms with E-state index in [-0.39, 0.29) is 5.78 Å². The highest BCUT2D eigenvalue weighted by molar-refractivity contribution is 5.97. The summed E-state index contributed by atoms with van der Waals surface area (Å²) < 4.78 is 1.66. The minimum absolute atomic E-state index is 0.134. The molecule has 1 saturated carbocycles. The molecule has 1 aromatic rings. The van der Waals surface area contributed by atoms with E-state index in [9.17, 15) is 4.79 Å². The van der Waals surface area contributed by atoms with E-state index < -0.39 is 0 Å². The first-order valence-electron chi connectivity index (χ1n) is 5.51. The molecule has 0 atom stereocenters. The highest BCUT2D eigenvalue weighted by atomic mass is 16.1. The zero-order chi connectivity index (χ0) is 10.7. The highest BCUT2D eigenvalue weighted by Crippen LogP contribution is 2.17. The smallest absolute Gasteiger partial charge is 0.179 e. The molecule has 1 aliphatic rings. The summed E-state index contributed by atoms with van der Waals surface area (Å²) in [5, 5.41) is 7.29. The van der Waals surface area contributed by atoms with Crippen LogP contribution in [0.15, 0.2) is 12.4 Å². The van der Waals surface area contributed by atoms with Crippen molar-refractivity contribution in [3.05, 3.63) is 18.0 Å². The number of Topliss-reactive ketones (excluding diaryl/α,β-unsaturated/α-hetero) is 1. The molecule has 1 aromatic heterocycles. The number of rotatable bonds is 4. The van der Waals surface area contributed by atoms with Gasteiger partial charge in [0, 0.05) is 19.3 Å². The Morgan fingerprint density at radius 3 is 2.93 bits per heavy atom. The van der Waals surface area contributed by atoms with Crippen molar-refractivity contribution < 1.29 is 4.79 Å². The van der Waals surface area contributed by atoms with Gasteiger partial charge in [0.25, 0.3) is 0 Å². The van der Waals surface area contributed by atoms with E-state index in [0.717, 1.165) is 0 Å². The Bertz CT molecular complexity index is 339. The lowest BCUT2D eigenvalue weighted by Crippen LogP contribution is -2.31. The quantitative estimate of drug-likeness (QED) is 0.753. The number of nitrogens with one attached hydrogen (secondary N) is 1. The summed E-state index contributed by atoms with van der Waals surface area (Å²) in [7, 11) is 1.82. The van der Waals surface area contributed by atoms with Crippen molar-refractivity contribution >= 4 is 5.78 Å². The van der Waals surface area contributed by atoms with Crippen LogP contribution < -0.4 is 5.32 Å². The molecule has 0 radical (unpaired) electrons. The normalized spacial score (nSPS) is 17.1. The molecule has 15 heavy (non-hydrogen) atoms. The van der Waals surface area contributed by atoms with E-state index in [4.69, 9.17) is 0 Å². The van der Waals surface area contributed by atoms with Crippen LogP contribution in [0.3, 0.4) is 0 Å². The van der Waals surface area contributed by atoms with Gasteiger partial charge in [0.15, 0.2) is 5.78 Å². The fraction of sp³-hybridized carbons (Fsp3) is 0.636. The van der Waals surface area contributed by atoms with Crippen LogP contribution in [0.2, 0.25) is 0 Å². The first-order chi connectivity index (χ1) is 7.25. The average molecular weight is 207 g/mol. The number of aryl methyl sites for hydroxylation is 1. The molecule has 0 aromatic carbocycles. The van der Waals surface area contributed by atoms with Crippen molar-refractivity contribution in [2.75, 3.05) is 6.54 Å².